The van der Waals surface area contributed by atoms with Crippen LogP contribution in [0, 0.1) is 0 Å². The van der Waals surface area contributed by atoms with E-state index in [0.717, 1.165) is 0 Å². The third-order valence-corrected chi connectivity index (χ3v) is 3.40. The van der Waals surface area contributed by atoms with Crippen molar-refractivity contribution < 1.29 is 39.8 Å². The minimum absolute atomic E-state index is 0.513. The van der Waals surface area contributed by atoms with Gasteiger partial charge in [0, 0.05) is 0 Å². The van der Waals surface area contributed by atoms with Crippen LogP contribution in [0.3, 0.4) is 0 Å². The number of aliphatic hydroxyl groups excluding tert-OH is 4. The fourth-order valence-corrected chi connectivity index (χ4v) is 2.14. The molecule has 0 saturated carbocycles. The molecule has 0 unspecified atom stereocenters. The van der Waals surface area contributed by atoms with Gasteiger partial charge in [-0.1, -0.05) is 30.3 Å². The number of aliphatic carboxylic acids is 1. The summed E-state index contributed by atoms with van der Waals surface area (Å²) in [6.45, 7) is -0.629. The van der Waals surface area contributed by atoms with Crippen LogP contribution in [0.4, 0.5) is 0 Å². The first kappa shape index (κ1) is 17.4. The summed E-state index contributed by atoms with van der Waals surface area (Å²) in [7, 11) is 0. The first-order chi connectivity index (χ1) is 10.9. The standard InChI is InChI=1S/C15H18O8/c16-7-10-11(17)12(18)13(19)15(23-10)22-9(14(20)21)6-8-4-2-1-3-5-8/h1-6,10-13,15-19H,7H2,(H,20,21)/t10-,11-,12+,13+,15-/m0/s1. The maximum Gasteiger partial charge on any atom is 0.371 e. The summed E-state index contributed by atoms with van der Waals surface area (Å²) in [6.07, 6.45) is -6.35. The molecule has 0 amide bonds. The molecule has 126 valence electrons. The largest absolute Gasteiger partial charge is 0.475 e. The molecule has 5 N–H and O–H groups in total. The fraction of sp³-hybridized carbons (Fsp3) is 0.400. The fourth-order valence-electron chi connectivity index (χ4n) is 2.14. The summed E-state index contributed by atoms with van der Waals surface area (Å²) in [5.41, 5.74) is 0.550. The highest BCUT2D eigenvalue weighted by Gasteiger charge is 2.45. The number of hydrogen-bond donors (Lipinski definition) is 5. The Labute approximate surface area is 131 Å². The third kappa shape index (κ3) is 4.06. The van der Waals surface area contributed by atoms with Crippen LogP contribution in [-0.4, -0.2) is 68.8 Å². The lowest BCUT2D eigenvalue weighted by molar-refractivity contribution is -0.291. The predicted molar refractivity (Wildman–Crippen MR) is 76.9 cm³/mol. The van der Waals surface area contributed by atoms with Crippen LogP contribution in [0.25, 0.3) is 6.08 Å². The van der Waals surface area contributed by atoms with Crippen LogP contribution in [0.5, 0.6) is 0 Å². The molecule has 23 heavy (non-hydrogen) atoms. The molecule has 8 heteroatoms. The van der Waals surface area contributed by atoms with Crippen LogP contribution in [-0.2, 0) is 14.3 Å². The Morgan fingerprint density at radius 1 is 1.13 bits per heavy atom. The molecule has 1 heterocycles. The summed E-state index contributed by atoms with van der Waals surface area (Å²) >= 11 is 0. The van der Waals surface area contributed by atoms with E-state index in [1.165, 1.54) is 6.08 Å². The van der Waals surface area contributed by atoms with E-state index < -0.39 is 49.0 Å². The van der Waals surface area contributed by atoms with E-state index in [1.807, 2.05) is 0 Å². The Morgan fingerprint density at radius 2 is 1.78 bits per heavy atom. The molecule has 0 radical (unpaired) electrons. The van der Waals surface area contributed by atoms with Crippen molar-refractivity contribution in [2.75, 3.05) is 6.61 Å². The molecule has 1 aromatic rings. The van der Waals surface area contributed by atoms with Gasteiger partial charge >= 0.3 is 5.97 Å². The number of carbonyl (C=O) groups is 1. The first-order valence-corrected chi connectivity index (χ1v) is 6.91. The second-order valence-electron chi connectivity index (χ2n) is 5.04. The number of carboxylic acids is 1. The zero-order valence-corrected chi connectivity index (χ0v) is 12.0. The predicted octanol–water partition coefficient (Wildman–Crippen LogP) is -1.07. The molecule has 5 atom stereocenters. The van der Waals surface area contributed by atoms with E-state index in [9.17, 15) is 25.2 Å². The quantitative estimate of drug-likeness (QED) is 0.341. The van der Waals surface area contributed by atoms with Gasteiger partial charge < -0.3 is 35.0 Å². The van der Waals surface area contributed by atoms with Crippen LogP contribution in [0.2, 0.25) is 0 Å². The molecule has 1 aliphatic heterocycles. The number of hydrogen-bond acceptors (Lipinski definition) is 7. The molecule has 0 aliphatic carbocycles. The Kier molecular flexibility index (Phi) is 5.69. The minimum Gasteiger partial charge on any atom is -0.475 e. The number of benzene rings is 1. The van der Waals surface area contributed by atoms with Crippen LogP contribution in [0.15, 0.2) is 36.1 Å². The lowest BCUT2D eigenvalue weighted by Gasteiger charge is -2.39. The van der Waals surface area contributed by atoms with Gasteiger partial charge in [-0.3, -0.25) is 0 Å². The topological polar surface area (TPSA) is 137 Å². The monoisotopic (exact) mass is 326 g/mol. The van der Waals surface area contributed by atoms with Gasteiger partial charge in [-0.25, -0.2) is 4.79 Å². The van der Waals surface area contributed by atoms with Crippen molar-refractivity contribution in [3.8, 4) is 0 Å². The van der Waals surface area contributed by atoms with Gasteiger partial charge in [-0.05, 0) is 11.6 Å². The Morgan fingerprint density at radius 3 is 2.35 bits per heavy atom. The van der Waals surface area contributed by atoms with Crippen molar-refractivity contribution in [2.24, 2.45) is 0 Å². The van der Waals surface area contributed by atoms with Gasteiger partial charge in [0.05, 0.1) is 6.61 Å². The number of ether oxygens (including phenoxy) is 2. The highest BCUT2D eigenvalue weighted by molar-refractivity contribution is 5.89. The van der Waals surface area contributed by atoms with E-state index in [2.05, 4.69) is 0 Å². The summed E-state index contributed by atoms with van der Waals surface area (Å²) < 4.78 is 10.2. The van der Waals surface area contributed by atoms with E-state index in [1.54, 1.807) is 30.3 Å². The van der Waals surface area contributed by atoms with E-state index in [0.29, 0.717) is 5.56 Å². The number of rotatable bonds is 5. The number of aliphatic hydroxyl groups is 4. The maximum atomic E-state index is 11.3. The van der Waals surface area contributed by atoms with Crippen molar-refractivity contribution in [3.63, 3.8) is 0 Å². The molecule has 1 fully saturated rings. The second-order valence-corrected chi connectivity index (χ2v) is 5.04. The molecular formula is C15H18O8. The van der Waals surface area contributed by atoms with E-state index >= 15 is 0 Å². The van der Waals surface area contributed by atoms with Crippen molar-refractivity contribution >= 4 is 12.0 Å². The maximum absolute atomic E-state index is 11.3. The minimum atomic E-state index is -1.67. The lowest BCUT2D eigenvalue weighted by atomic mass is 9.99. The normalized spacial score (nSPS) is 31.7. The van der Waals surface area contributed by atoms with Gasteiger partial charge in [0.2, 0.25) is 12.0 Å². The van der Waals surface area contributed by atoms with Gasteiger partial charge in [-0.2, -0.15) is 0 Å². The average molecular weight is 326 g/mol. The van der Waals surface area contributed by atoms with Crippen molar-refractivity contribution in [1.82, 2.24) is 0 Å². The molecular weight excluding hydrogens is 308 g/mol. The molecule has 8 nitrogen and oxygen atoms in total. The van der Waals surface area contributed by atoms with Gasteiger partial charge in [0.15, 0.2) is 0 Å². The smallest absolute Gasteiger partial charge is 0.371 e. The van der Waals surface area contributed by atoms with E-state index in [4.69, 9.17) is 14.6 Å². The van der Waals surface area contributed by atoms with Crippen molar-refractivity contribution in [3.05, 3.63) is 41.7 Å². The van der Waals surface area contributed by atoms with Gasteiger partial charge in [-0.15, -0.1) is 0 Å². The summed E-state index contributed by atoms with van der Waals surface area (Å²) in [6, 6.07) is 8.48. The lowest BCUT2D eigenvalue weighted by Crippen LogP contribution is -2.59. The Balaban J connectivity index is 2.19. The van der Waals surface area contributed by atoms with Crippen molar-refractivity contribution in [2.45, 2.75) is 30.7 Å². The molecule has 1 saturated heterocycles. The molecule has 1 aromatic carbocycles. The summed E-state index contributed by atoms with van der Waals surface area (Å²) in [4.78, 5) is 11.3. The van der Waals surface area contributed by atoms with E-state index in [-0.39, 0.29) is 0 Å². The molecule has 0 spiro atoms. The average Bonchev–Trinajstić information content (AvgIpc) is 2.55. The first-order valence-electron chi connectivity index (χ1n) is 6.91. The van der Waals surface area contributed by atoms with Gasteiger partial charge in [0.1, 0.15) is 24.4 Å². The highest BCUT2D eigenvalue weighted by Crippen LogP contribution is 2.24. The molecule has 0 aromatic heterocycles. The van der Waals surface area contributed by atoms with Crippen molar-refractivity contribution in [1.29, 1.82) is 0 Å². The van der Waals surface area contributed by atoms with Gasteiger partial charge in [0.25, 0.3) is 0 Å². The zero-order valence-electron chi connectivity index (χ0n) is 12.0. The highest BCUT2D eigenvalue weighted by atomic mass is 16.7. The Bertz CT molecular complexity index is 556. The van der Waals surface area contributed by atoms with Crippen LogP contribution >= 0.6 is 0 Å². The number of carboxylic acid groups (broad SMARTS) is 1. The summed E-state index contributed by atoms with van der Waals surface area (Å²) in [5.74, 6) is -1.91. The molecule has 2 rings (SSSR count). The second kappa shape index (κ2) is 7.53. The Hall–Kier alpha value is -1.97. The molecule has 1 aliphatic rings. The van der Waals surface area contributed by atoms with Crippen LogP contribution < -0.4 is 0 Å². The summed E-state index contributed by atoms with van der Waals surface area (Å²) in [5, 5.41) is 47.5. The third-order valence-electron chi connectivity index (χ3n) is 3.40. The van der Waals surface area contributed by atoms with Crippen LogP contribution in [0.1, 0.15) is 5.56 Å². The molecule has 0 bridgehead atoms. The SMILES string of the molecule is O=C(O)C(=Cc1ccccc1)O[C@H]1O[C@@H](CO)[C@H](O)[C@@H](O)[C@H]1O. The zero-order chi connectivity index (χ0) is 17.0.